The standard InChI is InChI=1S/C9H16NO/c10-9(11)7-6-8-4-2-1-3-5-8/h6,8H,1-5,7H2,(H2,10,11). The van der Waals surface area contributed by atoms with Crippen molar-refractivity contribution in [2.75, 3.05) is 0 Å². The van der Waals surface area contributed by atoms with Crippen LogP contribution in [0, 0.1) is 12.3 Å². The second-order valence-corrected chi connectivity index (χ2v) is 3.30. The van der Waals surface area contributed by atoms with Gasteiger partial charge in [-0.15, -0.1) is 0 Å². The van der Waals surface area contributed by atoms with Gasteiger partial charge in [0.25, 0.3) is 0 Å². The molecule has 2 heteroatoms. The van der Waals surface area contributed by atoms with E-state index >= 15 is 0 Å². The Balaban J connectivity index is 2.09. The summed E-state index contributed by atoms with van der Waals surface area (Å²) in [5.41, 5.74) is 5.04. The molecule has 0 aromatic heterocycles. The molecule has 63 valence electrons. The van der Waals surface area contributed by atoms with E-state index in [0.717, 1.165) is 0 Å². The number of rotatable bonds is 3. The van der Waals surface area contributed by atoms with E-state index in [1.165, 1.54) is 32.1 Å². The molecule has 1 radical (unpaired) electrons. The summed E-state index contributed by atoms with van der Waals surface area (Å²) in [6, 6.07) is 0. The van der Waals surface area contributed by atoms with Gasteiger partial charge in [0, 0.05) is 6.42 Å². The van der Waals surface area contributed by atoms with Gasteiger partial charge in [0.05, 0.1) is 0 Å². The second-order valence-electron chi connectivity index (χ2n) is 3.30. The van der Waals surface area contributed by atoms with Gasteiger partial charge in [-0.2, -0.15) is 0 Å². The molecule has 1 amide bonds. The molecule has 2 N–H and O–H groups in total. The normalized spacial score (nSPS) is 20.0. The second kappa shape index (κ2) is 4.37. The molecular formula is C9H16NO. The van der Waals surface area contributed by atoms with E-state index in [1.54, 1.807) is 0 Å². The van der Waals surface area contributed by atoms with E-state index in [2.05, 4.69) is 6.42 Å². The van der Waals surface area contributed by atoms with Crippen molar-refractivity contribution in [2.24, 2.45) is 11.7 Å². The van der Waals surface area contributed by atoms with Gasteiger partial charge in [-0.25, -0.2) is 0 Å². The first kappa shape index (κ1) is 8.57. The highest BCUT2D eigenvalue weighted by Crippen LogP contribution is 2.26. The highest BCUT2D eigenvalue weighted by Gasteiger charge is 2.13. The maximum absolute atomic E-state index is 10.4. The summed E-state index contributed by atoms with van der Waals surface area (Å²) in [6.07, 6.45) is 9.06. The van der Waals surface area contributed by atoms with E-state index in [-0.39, 0.29) is 5.91 Å². The number of carbonyl (C=O) groups excluding carboxylic acids is 1. The average molecular weight is 154 g/mol. The number of hydrogen-bond acceptors (Lipinski definition) is 1. The summed E-state index contributed by atoms with van der Waals surface area (Å²) in [5, 5.41) is 0. The molecule has 1 aliphatic rings. The number of nitrogens with two attached hydrogens (primary N) is 1. The van der Waals surface area contributed by atoms with Crippen molar-refractivity contribution in [3.63, 3.8) is 0 Å². The maximum atomic E-state index is 10.4. The van der Waals surface area contributed by atoms with Crippen LogP contribution in [0.15, 0.2) is 0 Å². The average Bonchev–Trinajstić information content (AvgIpc) is 2.03. The molecule has 0 aromatic rings. The van der Waals surface area contributed by atoms with Gasteiger partial charge in [0.2, 0.25) is 5.91 Å². The van der Waals surface area contributed by atoms with Crippen LogP contribution in [0.2, 0.25) is 0 Å². The first-order chi connectivity index (χ1) is 5.29. The molecule has 0 unspecified atom stereocenters. The molecule has 1 rings (SSSR count). The Morgan fingerprint density at radius 2 is 2.00 bits per heavy atom. The molecule has 0 aliphatic heterocycles. The summed E-state index contributed by atoms with van der Waals surface area (Å²) >= 11 is 0. The molecule has 2 nitrogen and oxygen atoms in total. The zero-order chi connectivity index (χ0) is 8.10. The monoisotopic (exact) mass is 154 g/mol. The summed E-state index contributed by atoms with van der Waals surface area (Å²) in [7, 11) is 0. The van der Waals surface area contributed by atoms with Crippen molar-refractivity contribution in [3.05, 3.63) is 6.42 Å². The van der Waals surface area contributed by atoms with Crippen LogP contribution in [0.25, 0.3) is 0 Å². The van der Waals surface area contributed by atoms with Crippen LogP contribution in [0.5, 0.6) is 0 Å². The van der Waals surface area contributed by atoms with E-state index in [1.807, 2.05) is 0 Å². The Bertz CT molecular complexity index is 128. The lowest BCUT2D eigenvalue weighted by Crippen LogP contribution is -2.14. The molecule has 11 heavy (non-hydrogen) atoms. The molecule has 0 spiro atoms. The lowest BCUT2D eigenvalue weighted by atomic mass is 9.86. The molecule has 0 aromatic carbocycles. The molecule has 1 fully saturated rings. The first-order valence-electron chi connectivity index (χ1n) is 4.40. The molecule has 0 bridgehead atoms. The topological polar surface area (TPSA) is 43.1 Å². The van der Waals surface area contributed by atoms with Crippen molar-refractivity contribution in [2.45, 2.75) is 38.5 Å². The predicted molar refractivity (Wildman–Crippen MR) is 44.7 cm³/mol. The van der Waals surface area contributed by atoms with E-state index in [9.17, 15) is 4.79 Å². The summed E-state index contributed by atoms with van der Waals surface area (Å²) in [4.78, 5) is 10.4. The van der Waals surface area contributed by atoms with Crippen LogP contribution in [-0.2, 0) is 4.79 Å². The van der Waals surface area contributed by atoms with Gasteiger partial charge in [0.15, 0.2) is 0 Å². The Labute approximate surface area is 68.2 Å². The minimum absolute atomic E-state index is 0.199. The van der Waals surface area contributed by atoms with Gasteiger partial charge < -0.3 is 5.73 Å². The van der Waals surface area contributed by atoms with Gasteiger partial charge in [-0.3, -0.25) is 4.79 Å². The minimum Gasteiger partial charge on any atom is -0.370 e. The SMILES string of the molecule is NC(=O)C[CH]C1CCCCC1. The van der Waals surface area contributed by atoms with Gasteiger partial charge in [-0.05, 0) is 12.3 Å². The van der Waals surface area contributed by atoms with E-state index < -0.39 is 0 Å². The summed E-state index contributed by atoms with van der Waals surface area (Å²) in [5.74, 6) is 0.465. The molecule has 0 saturated heterocycles. The quantitative estimate of drug-likeness (QED) is 0.660. The minimum atomic E-state index is -0.199. The van der Waals surface area contributed by atoms with Crippen LogP contribution >= 0.6 is 0 Å². The van der Waals surface area contributed by atoms with Crippen LogP contribution in [0.1, 0.15) is 38.5 Å². The largest absolute Gasteiger partial charge is 0.370 e. The highest BCUT2D eigenvalue weighted by molar-refractivity contribution is 5.74. The third-order valence-corrected chi connectivity index (χ3v) is 2.30. The summed E-state index contributed by atoms with van der Waals surface area (Å²) in [6.45, 7) is 0. The van der Waals surface area contributed by atoms with Gasteiger partial charge in [0.1, 0.15) is 0 Å². The fourth-order valence-corrected chi connectivity index (χ4v) is 1.65. The van der Waals surface area contributed by atoms with Crippen LogP contribution < -0.4 is 5.73 Å². The number of primary amides is 1. The van der Waals surface area contributed by atoms with Gasteiger partial charge >= 0.3 is 0 Å². The number of hydrogen-bond donors (Lipinski definition) is 1. The zero-order valence-corrected chi connectivity index (χ0v) is 6.88. The lowest BCUT2D eigenvalue weighted by Gasteiger charge is -2.20. The van der Waals surface area contributed by atoms with E-state index in [0.29, 0.717) is 12.3 Å². The van der Waals surface area contributed by atoms with Crippen LogP contribution in [0.4, 0.5) is 0 Å². The molecule has 1 aliphatic carbocycles. The molecular weight excluding hydrogens is 138 g/mol. The highest BCUT2D eigenvalue weighted by atomic mass is 16.1. The third-order valence-electron chi connectivity index (χ3n) is 2.30. The molecule has 0 heterocycles. The van der Waals surface area contributed by atoms with Crippen molar-refractivity contribution >= 4 is 5.91 Å². The van der Waals surface area contributed by atoms with Crippen LogP contribution in [0.3, 0.4) is 0 Å². The Morgan fingerprint density at radius 1 is 1.36 bits per heavy atom. The van der Waals surface area contributed by atoms with Crippen LogP contribution in [-0.4, -0.2) is 5.91 Å². The predicted octanol–water partition coefficient (Wildman–Crippen LogP) is 1.65. The lowest BCUT2D eigenvalue weighted by molar-refractivity contribution is -0.117. The Kier molecular flexibility index (Phi) is 3.40. The smallest absolute Gasteiger partial charge is 0.217 e. The van der Waals surface area contributed by atoms with Gasteiger partial charge in [-0.1, -0.05) is 32.1 Å². The van der Waals surface area contributed by atoms with Crippen molar-refractivity contribution in [3.8, 4) is 0 Å². The van der Waals surface area contributed by atoms with Crippen molar-refractivity contribution in [1.29, 1.82) is 0 Å². The fraction of sp³-hybridized carbons (Fsp3) is 0.778. The Morgan fingerprint density at radius 3 is 2.55 bits per heavy atom. The van der Waals surface area contributed by atoms with Crippen molar-refractivity contribution < 1.29 is 4.79 Å². The third kappa shape index (κ3) is 3.40. The number of carbonyl (C=O) groups is 1. The number of amides is 1. The molecule has 0 atom stereocenters. The summed E-state index contributed by atoms with van der Waals surface area (Å²) < 4.78 is 0. The molecule has 1 saturated carbocycles. The van der Waals surface area contributed by atoms with E-state index in [4.69, 9.17) is 5.73 Å². The maximum Gasteiger partial charge on any atom is 0.217 e. The Hall–Kier alpha value is -0.530. The fourth-order valence-electron chi connectivity index (χ4n) is 1.65. The first-order valence-corrected chi connectivity index (χ1v) is 4.40. The van der Waals surface area contributed by atoms with Crippen molar-refractivity contribution in [1.82, 2.24) is 0 Å². The zero-order valence-electron chi connectivity index (χ0n) is 6.88.